The van der Waals surface area contributed by atoms with E-state index in [1.807, 2.05) is 58.0 Å². The van der Waals surface area contributed by atoms with Gasteiger partial charge in [0.1, 0.15) is 11.1 Å². The molecule has 1 aromatic heterocycles. The third-order valence-electron chi connectivity index (χ3n) is 4.38. The minimum Gasteiger partial charge on any atom is -0.325 e. The fraction of sp³-hybridized carbons (Fsp3) is 0.227. The van der Waals surface area contributed by atoms with Crippen LogP contribution in [-0.2, 0) is 4.79 Å². The van der Waals surface area contributed by atoms with Crippen LogP contribution in [0.4, 0.5) is 5.69 Å². The topological polar surface area (TPSA) is 65.8 Å². The summed E-state index contributed by atoms with van der Waals surface area (Å²) in [4.78, 5) is 17.0. The van der Waals surface area contributed by atoms with Crippen molar-refractivity contribution in [3.8, 4) is 6.07 Å². The van der Waals surface area contributed by atoms with E-state index in [9.17, 15) is 10.1 Å². The van der Waals surface area contributed by atoms with E-state index in [1.54, 1.807) is 0 Å². The normalized spacial score (nSPS) is 10.6. The third kappa shape index (κ3) is 4.29. The van der Waals surface area contributed by atoms with Crippen LogP contribution in [0, 0.1) is 39.0 Å². The van der Waals surface area contributed by atoms with Gasteiger partial charge in [0.05, 0.1) is 16.8 Å². The Hall–Kier alpha value is -2.84. The van der Waals surface area contributed by atoms with Crippen molar-refractivity contribution in [2.75, 3.05) is 11.1 Å². The average Bonchev–Trinajstić information content (AvgIpc) is 2.62. The summed E-state index contributed by atoms with van der Waals surface area (Å²) in [6.07, 6.45) is 0. The van der Waals surface area contributed by atoms with Gasteiger partial charge in [-0.2, -0.15) is 5.26 Å². The first kappa shape index (κ1) is 18.9. The number of pyridine rings is 1. The number of hydrogen-bond acceptors (Lipinski definition) is 4. The van der Waals surface area contributed by atoms with E-state index in [4.69, 9.17) is 0 Å². The van der Waals surface area contributed by atoms with E-state index in [0.717, 1.165) is 38.8 Å². The number of fused-ring (bicyclic) bond motifs is 1. The summed E-state index contributed by atoms with van der Waals surface area (Å²) >= 11 is 1.29. The highest BCUT2D eigenvalue weighted by atomic mass is 32.2. The van der Waals surface area contributed by atoms with Crippen molar-refractivity contribution in [1.82, 2.24) is 4.98 Å². The molecule has 0 saturated carbocycles. The smallest absolute Gasteiger partial charge is 0.234 e. The molecule has 3 aromatic rings. The Bertz CT molecular complexity index is 1080. The number of aromatic nitrogens is 1. The number of nitriles is 1. The van der Waals surface area contributed by atoms with Crippen LogP contribution >= 0.6 is 11.8 Å². The molecule has 0 atom stereocenters. The molecule has 27 heavy (non-hydrogen) atoms. The Balaban J connectivity index is 1.81. The van der Waals surface area contributed by atoms with Crippen LogP contribution in [0.15, 0.2) is 41.4 Å². The molecule has 1 amide bonds. The zero-order valence-electron chi connectivity index (χ0n) is 15.9. The van der Waals surface area contributed by atoms with Gasteiger partial charge < -0.3 is 5.32 Å². The number of nitrogens with one attached hydrogen (secondary N) is 1. The minimum atomic E-state index is -0.111. The summed E-state index contributed by atoms with van der Waals surface area (Å²) in [5.74, 6) is 0.0886. The molecule has 136 valence electrons. The molecule has 0 spiro atoms. The number of rotatable bonds is 4. The van der Waals surface area contributed by atoms with Gasteiger partial charge in [-0.25, -0.2) is 4.98 Å². The first-order valence-corrected chi connectivity index (χ1v) is 9.68. The number of aryl methyl sites for hydroxylation is 4. The maximum absolute atomic E-state index is 12.4. The zero-order valence-corrected chi connectivity index (χ0v) is 16.7. The van der Waals surface area contributed by atoms with Crippen LogP contribution < -0.4 is 5.32 Å². The molecule has 4 nitrogen and oxygen atoms in total. The van der Waals surface area contributed by atoms with Gasteiger partial charge in [0.15, 0.2) is 0 Å². The molecular formula is C22H21N3OS. The molecule has 0 aliphatic carbocycles. The quantitative estimate of drug-likeness (QED) is 0.647. The maximum Gasteiger partial charge on any atom is 0.234 e. The molecule has 1 heterocycles. The van der Waals surface area contributed by atoms with Crippen molar-refractivity contribution < 1.29 is 4.79 Å². The summed E-state index contributed by atoms with van der Waals surface area (Å²) in [5, 5.41) is 14.0. The van der Waals surface area contributed by atoms with E-state index in [-0.39, 0.29) is 11.7 Å². The van der Waals surface area contributed by atoms with Crippen molar-refractivity contribution in [2.24, 2.45) is 0 Å². The van der Waals surface area contributed by atoms with E-state index in [1.165, 1.54) is 11.8 Å². The first-order chi connectivity index (χ1) is 12.9. The lowest BCUT2D eigenvalue weighted by molar-refractivity contribution is -0.113. The van der Waals surface area contributed by atoms with Gasteiger partial charge in [-0.05, 0) is 68.1 Å². The standard InChI is InChI=1S/C22H21N3OS/c1-13-5-6-15(3)19(8-13)24-21(26)12-27-22-17(11-23)10-18-16(4)7-14(2)9-20(18)25-22/h5-10H,12H2,1-4H3,(H,24,26). The Morgan fingerprint density at radius 3 is 2.59 bits per heavy atom. The second kappa shape index (κ2) is 7.81. The number of anilines is 1. The van der Waals surface area contributed by atoms with Gasteiger partial charge >= 0.3 is 0 Å². The van der Waals surface area contributed by atoms with Crippen LogP contribution in [0.3, 0.4) is 0 Å². The molecule has 2 aromatic carbocycles. The van der Waals surface area contributed by atoms with Crippen molar-refractivity contribution in [3.05, 3.63) is 64.2 Å². The van der Waals surface area contributed by atoms with E-state index in [2.05, 4.69) is 22.4 Å². The Morgan fingerprint density at radius 1 is 1.07 bits per heavy atom. The molecule has 0 unspecified atom stereocenters. The van der Waals surface area contributed by atoms with Crippen molar-refractivity contribution in [3.63, 3.8) is 0 Å². The van der Waals surface area contributed by atoms with E-state index in [0.29, 0.717) is 10.6 Å². The molecule has 0 aliphatic heterocycles. The zero-order chi connectivity index (χ0) is 19.6. The van der Waals surface area contributed by atoms with Crippen molar-refractivity contribution in [2.45, 2.75) is 32.7 Å². The molecule has 0 fully saturated rings. The minimum absolute atomic E-state index is 0.111. The van der Waals surface area contributed by atoms with Gasteiger partial charge in [-0.15, -0.1) is 0 Å². The highest BCUT2D eigenvalue weighted by Crippen LogP contribution is 2.27. The Labute approximate surface area is 163 Å². The van der Waals surface area contributed by atoms with Gasteiger partial charge in [0.2, 0.25) is 5.91 Å². The number of carbonyl (C=O) groups is 1. The van der Waals surface area contributed by atoms with E-state index < -0.39 is 0 Å². The van der Waals surface area contributed by atoms with Crippen molar-refractivity contribution >= 4 is 34.3 Å². The van der Waals surface area contributed by atoms with Crippen LogP contribution in [0.1, 0.15) is 27.8 Å². The highest BCUT2D eigenvalue weighted by Gasteiger charge is 2.12. The monoisotopic (exact) mass is 375 g/mol. The lowest BCUT2D eigenvalue weighted by atomic mass is 10.1. The SMILES string of the molecule is Cc1ccc(C)c(NC(=O)CSc2nc3cc(C)cc(C)c3cc2C#N)c1. The van der Waals surface area contributed by atoms with Crippen LogP contribution in [0.5, 0.6) is 0 Å². The second-order valence-electron chi connectivity index (χ2n) is 6.76. The van der Waals surface area contributed by atoms with Crippen LogP contribution in [-0.4, -0.2) is 16.6 Å². The third-order valence-corrected chi connectivity index (χ3v) is 5.37. The fourth-order valence-corrected chi connectivity index (χ4v) is 3.76. The van der Waals surface area contributed by atoms with Gasteiger partial charge in [-0.1, -0.05) is 30.0 Å². The largest absolute Gasteiger partial charge is 0.325 e. The summed E-state index contributed by atoms with van der Waals surface area (Å²) in [6, 6.07) is 14.1. The number of carbonyl (C=O) groups excluding carboxylic acids is 1. The fourth-order valence-electron chi connectivity index (χ4n) is 2.99. The molecule has 0 radical (unpaired) electrons. The lowest BCUT2D eigenvalue weighted by Gasteiger charge is -2.10. The number of benzene rings is 2. The van der Waals surface area contributed by atoms with Gasteiger partial charge in [0.25, 0.3) is 0 Å². The Kier molecular flexibility index (Phi) is 5.48. The highest BCUT2D eigenvalue weighted by molar-refractivity contribution is 8.00. The summed E-state index contributed by atoms with van der Waals surface area (Å²) < 4.78 is 0. The lowest BCUT2D eigenvalue weighted by Crippen LogP contribution is -2.15. The maximum atomic E-state index is 12.4. The molecular weight excluding hydrogens is 354 g/mol. The summed E-state index contributed by atoms with van der Waals surface area (Å²) in [6.45, 7) is 8.00. The second-order valence-corrected chi connectivity index (χ2v) is 7.72. The Morgan fingerprint density at radius 2 is 1.85 bits per heavy atom. The summed E-state index contributed by atoms with van der Waals surface area (Å²) in [7, 11) is 0. The van der Waals surface area contributed by atoms with Gasteiger partial charge in [0, 0.05) is 11.1 Å². The number of nitrogens with zero attached hydrogens (tertiary/aromatic N) is 2. The molecule has 0 aliphatic rings. The van der Waals surface area contributed by atoms with Crippen LogP contribution in [0.2, 0.25) is 0 Å². The predicted molar refractivity (Wildman–Crippen MR) is 111 cm³/mol. The molecule has 1 N–H and O–H groups in total. The number of amides is 1. The van der Waals surface area contributed by atoms with Gasteiger partial charge in [-0.3, -0.25) is 4.79 Å². The molecule has 0 bridgehead atoms. The number of hydrogen-bond donors (Lipinski definition) is 1. The molecule has 0 saturated heterocycles. The molecule has 3 rings (SSSR count). The molecule has 5 heteroatoms. The summed E-state index contributed by atoms with van der Waals surface area (Å²) in [5.41, 5.74) is 6.50. The van der Waals surface area contributed by atoms with E-state index >= 15 is 0 Å². The average molecular weight is 375 g/mol. The predicted octanol–water partition coefficient (Wildman–Crippen LogP) is 5.07. The van der Waals surface area contributed by atoms with Crippen LogP contribution in [0.25, 0.3) is 10.9 Å². The first-order valence-electron chi connectivity index (χ1n) is 8.69. The van der Waals surface area contributed by atoms with Crippen molar-refractivity contribution in [1.29, 1.82) is 5.26 Å². The number of thioether (sulfide) groups is 1.